The fraction of sp³-hybridized carbons (Fsp3) is 0.400. The maximum Gasteiger partial charge on any atom is 0.323 e. The second-order valence-electron chi connectivity index (χ2n) is 3.25. The van der Waals surface area contributed by atoms with Crippen molar-refractivity contribution in [3.8, 4) is 0 Å². The molecule has 0 aliphatic rings. The molecule has 0 bridgehead atoms. The molecule has 0 unspecified atom stereocenters. The Balaban J connectivity index is 2.93. The van der Waals surface area contributed by atoms with Gasteiger partial charge in [0.05, 0.1) is 5.56 Å². The van der Waals surface area contributed by atoms with Crippen LogP contribution in [0.25, 0.3) is 0 Å². The first-order valence-corrected chi connectivity index (χ1v) is 5.77. The van der Waals surface area contributed by atoms with Gasteiger partial charge < -0.3 is 10.0 Å². The molecular weight excluding hydrogens is 252 g/mol. The average Bonchev–Trinajstić information content (AvgIpc) is 2.73. The summed E-state index contributed by atoms with van der Waals surface area (Å²) in [6.45, 7) is 1.26. The van der Waals surface area contributed by atoms with Crippen LogP contribution < -0.4 is 0 Å². The lowest BCUT2D eigenvalue weighted by molar-refractivity contribution is -0.137. The third-order valence-corrected chi connectivity index (χ3v) is 2.91. The van der Waals surface area contributed by atoms with Gasteiger partial charge in [-0.3, -0.25) is 9.59 Å². The van der Waals surface area contributed by atoms with Gasteiger partial charge in [0, 0.05) is 22.9 Å². The summed E-state index contributed by atoms with van der Waals surface area (Å²) in [5.74, 6) is -1.85. The lowest BCUT2D eigenvalue weighted by Crippen LogP contribution is -2.35. The summed E-state index contributed by atoms with van der Waals surface area (Å²) in [6.07, 6.45) is -2.73. The minimum absolute atomic E-state index is 0.117. The minimum Gasteiger partial charge on any atom is -0.480 e. The van der Waals surface area contributed by atoms with E-state index in [0.717, 1.165) is 16.2 Å². The van der Waals surface area contributed by atoms with Crippen LogP contribution in [0.1, 0.15) is 29.3 Å². The molecule has 1 heterocycles. The quantitative estimate of drug-likeness (QED) is 0.886. The van der Waals surface area contributed by atoms with E-state index in [-0.39, 0.29) is 17.7 Å². The molecule has 17 heavy (non-hydrogen) atoms. The van der Waals surface area contributed by atoms with E-state index >= 15 is 0 Å². The first-order valence-electron chi connectivity index (χ1n) is 4.82. The molecule has 1 aromatic heterocycles. The molecule has 1 amide bonds. The van der Waals surface area contributed by atoms with Gasteiger partial charge in [-0.15, -0.1) is 0 Å². The van der Waals surface area contributed by atoms with E-state index in [9.17, 15) is 18.4 Å². The highest BCUT2D eigenvalue weighted by atomic mass is 32.1. The van der Waals surface area contributed by atoms with E-state index in [1.54, 1.807) is 6.92 Å². The topological polar surface area (TPSA) is 57.6 Å². The molecule has 0 aromatic carbocycles. The molecule has 7 heteroatoms. The highest BCUT2D eigenvalue weighted by Crippen LogP contribution is 2.27. The van der Waals surface area contributed by atoms with Gasteiger partial charge in [0.15, 0.2) is 0 Å². The van der Waals surface area contributed by atoms with Crippen LogP contribution in [0.15, 0.2) is 10.8 Å². The summed E-state index contributed by atoms with van der Waals surface area (Å²) >= 11 is 0.995. The van der Waals surface area contributed by atoms with Gasteiger partial charge in [0.2, 0.25) is 0 Å². The van der Waals surface area contributed by atoms with Crippen molar-refractivity contribution >= 4 is 23.2 Å². The van der Waals surface area contributed by atoms with Crippen molar-refractivity contribution in [3.05, 3.63) is 21.9 Å². The molecule has 94 valence electrons. The molecule has 0 aliphatic carbocycles. The number of amides is 1. The Bertz CT molecular complexity index is 419. The molecule has 0 aliphatic heterocycles. The first-order chi connectivity index (χ1) is 7.97. The van der Waals surface area contributed by atoms with E-state index in [2.05, 4.69) is 0 Å². The molecule has 4 nitrogen and oxygen atoms in total. The standard InChI is InChI=1S/C10H11F2NO3S/c1-2-13(3-8(14)15)10(16)7-5-17-4-6(7)9(11)12/h4-5,9H,2-3H2,1H3,(H,14,15). The highest BCUT2D eigenvalue weighted by molar-refractivity contribution is 7.08. The monoisotopic (exact) mass is 263 g/mol. The predicted molar refractivity (Wildman–Crippen MR) is 58.5 cm³/mol. The highest BCUT2D eigenvalue weighted by Gasteiger charge is 2.24. The largest absolute Gasteiger partial charge is 0.480 e. The Hall–Kier alpha value is -1.50. The Kier molecular flexibility index (Phi) is 4.56. The molecule has 0 spiro atoms. The Labute approximate surface area is 100 Å². The molecule has 0 radical (unpaired) electrons. The summed E-state index contributed by atoms with van der Waals surface area (Å²) in [5.41, 5.74) is -0.461. The van der Waals surface area contributed by atoms with E-state index in [4.69, 9.17) is 5.11 Å². The third-order valence-electron chi connectivity index (χ3n) is 2.15. The van der Waals surface area contributed by atoms with Crippen molar-refractivity contribution in [2.24, 2.45) is 0 Å². The van der Waals surface area contributed by atoms with Crippen LogP contribution in [0, 0.1) is 0 Å². The summed E-state index contributed by atoms with van der Waals surface area (Å²) in [7, 11) is 0. The lowest BCUT2D eigenvalue weighted by Gasteiger charge is -2.18. The Morgan fingerprint density at radius 2 is 2.12 bits per heavy atom. The van der Waals surface area contributed by atoms with Crippen LogP contribution in [0.5, 0.6) is 0 Å². The number of likely N-dealkylation sites (N-methyl/N-ethyl adjacent to an activating group) is 1. The van der Waals surface area contributed by atoms with Crippen molar-refractivity contribution in [1.29, 1.82) is 0 Å². The first kappa shape index (κ1) is 13.6. The van der Waals surface area contributed by atoms with Gasteiger partial charge in [-0.25, -0.2) is 8.78 Å². The smallest absolute Gasteiger partial charge is 0.323 e. The third kappa shape index (κ3) is 3.23. The summed E-state index contributed by atoms with van der Waals surface area (Å²) < 4.78 is 25.1. The van der Waals surface area contributed by atoms with Crippen LogP contribution >= 0.6 is 11.3 Å². The van der Waals surface area contributed by atoms with Crippen molar-refractivity contribution < 1.29 is 23.5 Å². The fourth-order valence-corrected chi connectivity index (χ4v) is 2.13. The molecule has 1 aromatic rings. The van der Waals surface area contributed by atoms with Crippen molar-refractivity contribution in [3.63, 3.8) is 0 Å². The maximum absolute atomic E-state index is 12.6. The van der Waals surface area contributed by atoms with Crippen LogP contribution in [-0.2, 0) is 4.79 Å². The van der Waals surface area contributed by atoms with Gasteiger partial charge in [0.25, 0.3) is 12.3 Å². The summed E-state index contributed by atoms with van der Waals surface area (Å²) in [5, 5.41) is 11.1. The molecular formula is C10H11F2NO3S. The zero-order valence-electron chi connectivity index (χ0n) is 9.02. The second kappa shape index (κ2) is 5.72. The Morgan fingerprint density at radius 1 is 1.47 bits per heavy atom. The van der Waals surface area contributed by atoms with Gasteiger partial charge in [-0.05, 0) is 6.92 Å². The van der Waals surface area contributed by atoms with E-state index < -0.39 is 24.8 Å². The normalized spacial score (nSPS) is 10.6. The van der Waals surface area contributed by atoms with E-state index in [1.807, 2.05) is 0 Å². The second-order valence-corrected chi connectivity index (χ2v) is 4.00. The molecule has 1 N–H and O–H groups in total. The minimum atomic E-state index is -2.73. The van der Waals surface area contributed by atoms with Crippen LogP contribution in [-0.4, -0.2) is 35.0 Å². The number of hydrogen-bond acceptors (Lipinski definition) is 3. The van der Waals surface area contributed by atoms with Gasteiger partial charge in [0.1, 0.15) is 6.54 Å². The van der Waals surface area contributed by atoms with Crippen LogP contribution in [0.2, 0.25) is 0 Å². The van der Waals surface area contributed by atoms with Crippen molar-refractivity contribution in [2.75, 3.05) is 13.1 Å². The zero-order valence-corrected chi connectivity index (χ0v) is 9.84. The number of carbonyl (C=O) groups excluding carboxylic acids is 1. The van der Waals surface area contributed by atoms with E-state index in [0.29, 0.717) is 0 Å². The van der Waals surface area contributed by atoms with Gasteiger partial charge in [-0.2, -0.15) is 11.3 Å². The van der Waals surface area contributed by atoms with Gasteiger partial charge in [-0.1, -0.05) is 0 Å². The number of carboxylic acid groups (broad SMARTS) is 1. The fourth-order valence-electron chi connectivity index (χ4n) is 1.31. The van der Waals surface area contributed by atoms with Crippen molar-refractivity contribution in [1.82, 2.24) is 4.90 Å². The summed E-state index contributed by atoms with van der Waals surface area (Å²) in [4.78, 5) is 23.4. The SMILES string of the molecule is CCN(CC(=O)O)C(=O)c1cscc1C(F)F. The van der Waals surface area contributed by atoms with E-state index in [1.165, 1.54) is 10.8 Å². The van der Waals surface area contributed by atoms with Crippen LogP contribution in [0.3, 0.4) is 0 Å². The number of aliphatic carboxylic acids is 1. The number of carbonyl (C=O) groups is 2. The molecule has 0 fully saturated rings. The number of carboxylic acids is 1. The average molecular weight is 263 g/mol. The molecule has 0 saturated heterocycles. The number of alkyl halides is 2. The molecule has 0 saturated carbocycles. The Morgan fingerprint density at radius 3 is 2.59 bits per heavy atom. The zero-order chi connectivity index (χ0) is 13.0. The number of halogens is 2. The lowest BCUT2D eigenvalue weighted by atomic mass is 10.2. The number of rotatable bonds is 5. The summed E-state index contributed by atoms with van der Waals surface area (Å²) in [6, 6.07) is 0. The number of nitrogens with zero attached hydrogens (tertiary/aromatic N) is 1. The van der Waals surface area contributed by atoms with Crippen LogP contribution in [0.4, 0.5) is 8.78 Å². The molecule has 1 rings (SSSR count). The van der Waals surface area contributed by atoms with Gasteiger partial charge >= 0.3 is 5.97 Å². The number of thiophene rings is 1. The molecule has 0 atom stereocenters. The predicted octanol–water partition coefficient (Wildman–Crippen LogP) is 2.23. The maximum atomic E-state index is 12.6. The van der Waals surface area contributed by atoms with Crippen molar-refractivity contribution in [2.45, 2.75) is 13.3 Å². The number of hydrogen-bond donors (Lipinski definition) is 1.